The van der Waals surface area contributed by atoms with Crippen molar-refractivity contribution in [3.05, 3.63) is 11.4 Å². The van der Waals surface area contributed by atoms with E-state index in [1.165, 1.54) is 9.80 Å². The third-order valence-electron chi connectivity index (χ3n) is 5.89. The maximum atomic E-state index is 13.0. The molecule has 4 heterocycles. The van der Waals surface area contributed by atoms with Gasteiger partial charge < -0.3 is 4.74 Å². The summed E-state index contributed by atoms with van der Waals surface area (Å²) in [6, 6.07) is -0.858. The smallest absolute Gasteiger partial charge is 0.379 e. The third kappa shape index (κ3) is 2.68. The Morgan fingerprint density at radius 1 is 1.22 bits per heavy atom. The molecule has 1 atom stereocenters. The molecule has 0 N–H and O–H groups in total. The van der Waals surface area contributed by atoms with Gasteiger partial charge in [-0.05, 0) is 20.8 Å². The minimum Gasteiger partial charge on any atom is -0.379 e. The first-order valence-electron chi connectivity index (χ1n) is 9.54. The number of imidazole rings is 1. The molecule has 4 rings (SSSR count). The van der Waals surface area contributed by atoms with E-state index in [4.69, 9.17) is 9.73 Å². The first kappa shape index (κ1) is 18.1. The van der Waals surface area contributed by atoms with Crippen molar-refractivity contribution < 1.29 is 18.9 Å². The minimum absolute atomic E-state index is 0.198. The molecule has 2 fully saturated rings. The molecule has 3 amide bonds. The van der Waals surface area contributed by atoms with Gasteiger partial charge in [0.05, 0.1) is 19.8 Å². The monoisotopic (exact) mass is 375 g/mol. The van der Waals surface area contributed by atoms with Crippen molar-refractivity contribution in [2.24, 2.45) is 4.99 Å². The van der Waals surface area contributed by atoms with E-state index in [1.54, 1.807) is 7.05 Å². The van der Waals surface area contributed by atoms with Crippen LogP contribution in [-0.4, -0.2) is 83.5 Å². The Bertz CT molecular complexity index is 824. The van der Waals surface area contributed by atoms with Crippen LogP contribution < -0.4 is 4.57 Å². The van der Waals surface area contributed by atoms with E-state index in [0.29, 0.717) is 12.4 Å². The number of morpholine rings is 1. The molecule has 0 aliphatic carbocycles. The molecule has 27 heavy (non-hydrogen) atoms. The highest BCUT2D eigenvalue weighted by molar-refractivity contribution is 6.20. The largest absolute Gasteiger partial charge is 0.402 e. The molecule has 9 heteroatoms. The van der Waals surface area contributed by atoms with Gasteiger partial charge >= 0.3 is 12.0 Å². The average molecular weight is 375 g/mol. The minimum atomic E-state index is -0.550. The SMILES string of the molecule is CCN1C(=O)C2C(=Nc3n2c(C)c(C)[n+]3CCN2CCOCC2)N(C)C1=O. The third-order valence-corrected chi connectivity index (χ3v) is 5.89. The maximum absolute atomic E-state index is 13.0. The fourth-order valence-electron chi connectivity index (χ4n) is 4.13. The summed E-state index contributed by atoms with van der Waals surface area (Å²) in [6.45, 7) is 11.4. The first-order valence-corrected chi connectivity index (χ1v) is 9.54. The molecule has 3 aliphatic rings. The summed E-state index contributed by atoms with van der Waals surface area (Å²) in [5, 5.41) is 0. The predicted molar refractivity (Wildman–Crippen MR) is 98.0 cm³/mol. The summed E-state index contributed by atoms with van der Waals surface area (Å²) >= 11 is 0. The van der Waals surface area contributed by atoms with E-state index < -0.39 is 6.04 Å². The van der Waals surface area contributed by atoms with Crippen LogP contribution in [-0.2, 0) is 16.1 Å². The molecule has 1 aromatic rings. The van der Waals surface area contributed by atoms with Crippen LogP contribution in [0.15, 0.2) is 4.99 Å². The quantitative estimate of drug-likeness (QED) is 0.706. The van der Waals surface area contributed by atoms with E-state index in [2.05, 4.69) is 16.4 Å². The number of likely N-dealkylation sites (N-methyl/N-ethyl adjacent to an activating group) is 2. The highest BCUT2D eigenvalue weighted by Crippen LogP contribution is 2.34. The maximum Gasteiger partial charge on any atom is 0.402 e. The Morgan fingerprint density at radius 3 is 2.59 bits per heavy atom. The van der Waals surface area contributed by atoms with E-state index >= 15 is 0 Å². The number of fused-ring (bicyclic) bond motifs is 3. The van der Waals surface area contributed by atoms with E-state index in [-0.39, 0.29) is 11.9 Å². The van der Waals surface area contributed by atoms with Crippen LogP contribution in [0.25, 0.3) is 0 Å². The van der Waals surface area contributed by atoms with Gasteiger partial charge in [0, 0.05) is 33.2 Å². The summed E-state index contributed by atoms with van der Waals surface area (Å²) in [5.41, 5.74) is 2.12. The lowest BCUT2D eigenvalue weighted by molar-refractivity contribution is -0.688. The molecular weight excluding hydrogens is 348 g/mol. The zero-order valence-electron chi connectivity index (χ0n) is 16.4. The summed E-state index contributed by atoms with van der Waals surface area (Å²) in [6.07, 6.45) is 0. The van der Waals surface area contributed by atoms with Gasteiger partial charge in [-0.3, -0.25) is 19.5 Å². The van der Waals surface area contributed by atoms with Crippen molar-refractivity contribution in [1.82, 2.24) is 19.3 Å². The number of aromatic nitrogens is 2. The van der Waals surface area contributed by atoms with Crippen molar-refractivity contribution in [2.75, 3.05) is 46.4 Å². The van der Waals surface area contributed by atoms with Crippen LogP contribution in [0.5, 0.6) is 0 Å². The molecule has 1 unspecified atom stereocenters. The highest BCUT2D eigenvalue weighted by Gasteiger charge is 2.53. The lowest BCUT2D eigenvalue weighted by atomic mass is 10.1. The molecule has 2 saturated heterocycles. The fourth-order valence-corrected chi connectivity index (χ4v) is 4.13. The standard InChI is InChI=1S/C18H27N6O3/c1-5-22-16(25)14-15(20(4)18(22)26)19-17-23(12(2)13(3)24(14)17)7-6-21-8-10-27-11-9-21/h14H,5-11H2,1-4H3/q+1. The molecule has 3 aliphatic heterocycles. The lowest BCUT2D eigenvalue weighted by Crippen LogP contribution is -2.57. The Balaban J connectivity index is 1.68. The number of imide groups is 1. The lowest BCUT2D eigenvalue weighted by Gasteiger charge is -2.32. The Kier molecular flexibility index (Phi) is 4.51. The number of carbonyl (C=O) groups excluding carboxylic acids is 2. The molecule has 0 radical (unpaired) electrons. The van der Waals surface area contributed by atoms with Crippen molar-refractivity contribution >= 4 is 23.7 Å². The van der Waals surface area contributed by atoms with E-state index in [9.17, 15) is 9.59 Å². The molecule has 0 saturated carbocycles. The normalized spacial score (nSPS) is 23.0. The van der Waals surface area contributed by atoms with E-state index in [1.807, 2.05) is 18.4 Å². The molecule has 0 spiro atoms. The summed E-state index contributed by atoms with van der Waals surface area (Å²) < 4.78 is 9.57. The summed E-state index contributed by atoms with van der Waals surface area (Å²) in [7, 11) is 1.69. The van der Waals surface area contributed by atoms with Crippen LogP contribution in [0.3, 0.4) is 0 Å². The highest BCUT2D eigenvalue weighted by atomic mass is 16.5. The fraction of sp³-hybridized carbons (Fsp3) is 0.667. The zero-order valence-corrected chi connectivity index (χ0v) is 16.4. The van der Waals surface area contributed by atoms with Crippen LogP contribution in [0, 0.1) is 13.8 Å². The second kappa shape index (κ2) is 6.72. The number of carbonyl (C=O) groups is 2. The van der Waals surface area contributed by atoms with Gasteiger partial charge in [-0.25, -0.2) is 13.9 Å². The van der Waals surface area contributed by atoms with Crippen molar-refractivity contribution in [1.29, 1.82) is 0 Å². The van der Waals surface area contributed by atoms with E-state index in [0.717, 1.165) is 56.7 Å². The Morgan fingerprint density at radius 2 is 1.93 bits per heavy atom. The topological polar surface area (TPSA) is 74.3 Å². The number of aliphatic imine (C=N–C) groups is 1. The number of ether oxygens (including phenoxy) is 1. The molecule has 0 aromatic carbocycles. The Hall–Kier alpha value is -2.26. The number of hydrogen-bond acceptors (Lipinski definition) is 5. The average Bonchev–Trinajstić information content (AvgIpc) is 3.17. The molecule has 9 nitrogen and oxygen atoms in total. The summed E-state index contributed by atoms with van der Waals surface area (Å²) in [5.74, 6) is 1.08. The predicted octanol–water partition coefficient (Wildman–Crippen LogP) is 0.223. The number of urea groups is 1. The number of hydrogen-bond donors (Lipinski definition) is 0. The number of rotatable bonds is 4. The molecular formula is C18H27N6O3+. The van der Waals surface area contributed by atoms with Crippen LogP contribution in [0.1, 0.15) is 24.4 Å². The molecule has 1 aromatic heterocycles. The zero-order chi connectivity index (χ0) is 19.3. The number of amidine groups is 1. The van der Waals surface area contributed by atoms with Crippen LogP contribution >= 0.6 is 0 Å². The Labute approximate surface area is 158 Å². The number of amides is 3. The van der Waals surface area contributed by atoms with Gasteiger partial charge in [0.15, 0.2) is 0 Å². The molecule has 146 valence electrons. The second-order valence-corrected chi connectivity index (χ2v) is 7.24. The molecule has 0 bridgehead atoms. The van der Waals surface area contributed by atoms with Gasteiger partial charge in [0.25, 0.3) is 5.91 Å². The van der Waals surface area contributed by atoms with Gasteiger partial charge in [-0.2, -0.15) is 0 Å². The first-order chi connectivity index (χ1) is 13.0. The van der Waals surface area contributed by atoms with Crippen LogP contribution in [0.2, 0.25) is 0 Å². The summed E-state index contributed by atoms with van der Waals surface area (Å²) in [4.78, 5) is 35.4. The van der Waals surface area contributed by atoms with Gasteiger partial charge in [0.2, 0.25) is 11.9 Å². The van der Waals surface area contributed by atoms with Gasteiger partial charge in [-0.1, -0.05) is 4.99 Å². The van der Waals surface area contributed by atoms with Gasteiger partial charge in [0.1, 0.15) is 11.4 Å². The van der Waals surface area contributed by atoms with Crippen LogP contribution in [0.4, 0.5) is 10.7 Å². The van der Waals surface area contributed by atoms with Crippen molar-refractivity contribution in [2.45, 2.75) is 33.4 Å². The van der Waals surface area contributed by atoms with Crippen molar-refractivity contribution in [3.8, 4) is 0 Å². The van der Waals surface area contributed by atoms with Gasteiger partial charge in [-0.15, -0.1) is 0 Å². The van der Waals surface area contributed by atoms with Crippen molar-refractivity contribution in [3.63, 3.8) is 0 Å². The number of nitrogens with zero attached hydrogens (tertiary/aromatic N) is 6. The second-order valence-electron chi connectivity index (χ2n) is 7.24.